The summed E-state index contributed by atoms with van der Waals surface area (Å²) in [5.74, 6) is 0.835. The lowest BCUT2D eigenvalue weighted by Gasteiger charge is -2.42. The molecule has 2 rings (SSSR count). The van der Waals surface area contributed by atoms with Gasteiger partial charge in [-0.25, -0.2) is 0 Å². The summed E-state index contributed by atoms with van der Waals surface area (Å²) in [6.45, 7) is 9.47. The van der Waals surface area contributed by atoms with Crippen LogP contribution in [0.2, 0.25) is 0 Å². The maximum Gasteiger partial charge on any atom is 0.136 e. The molecule has 0 aromatic carbocycles. The van der Waals surface area contributed by atoms with Crippen LogP contribution >= 0.6 is 0 Å². The fourth-order valence-electron chi connectivity index (χ4n) is 3.29. The second kappa shape index (κ2) is 5.07. The van der Waals surface area contributed by atoms with E-state index in [2.05, 4.69) is 25.7 Å². The van der Waals surface area contributed by atoms with Crippen LogP contribution in [0.3, 0.4) is 0 Å². The zero-order valence-corrected chi connectivity index (χ0v) is 11.4. The first-order valence-corrected chi connectivity index (χ1v) is 6.89. The van der Waals surface area contributed by atoms with E-state index in [4.69, 9.17) is 4.74 Å². The molecule has 1 saturated carbocycles. The van der Waals surface area contributed by atoms with Crippen LogP contribution in [0.1, 0.15) is 46.5 Å². The van der Waals surface area contributed by atoms with Crippen LogP contribution in [0.4, 0.5) is 0 Å². The molecule has 2 fully saturated rings. The molecule has 0 spiro atoms. The Balaban J connectivity index is 1.80. The molecular formula is C14H25NO2. The minimum Gasteiger partial charge on any atom is -0.370 e. The second-order valence-corrected chi connectivity index (χ2v) is 6.27. The average Bonchev–Trinajstić information content (AvgIpc) is 2.58. The first-order chi connectivity index (χ1) is 7.96. The number of morpholine rings is 1. The Kier molecular flexibility index (Phi) is 3.88. The van der Waals surface area contributed by atoms with Crippen molar-refractivity contribution in [3.8, 4) is 0 Å². The molecule has 2 unspecified atom stereocenters. The molecular weight excluding hydrogens is 214 g/mol. The first-order valence-electron chi connectivity index (χ1n) is 6.89. The molecule has 2 atom stereocenters. The Morgan fingerprint density at radius 3 is 2.82 bits per heavy atom. The van der Waals surface area contributed by atoms with Crippen molar-refractivity contribution in [1.82, 2.24) is 4.90 Å². The van der Waals surface area contributed by atoms with Gasteiger partial charge in [-0.05, 0) is 46.6 Å². The molecule has 0 bridgehead atoms. The SMILES string of the molecule is CC1CN(CCC2CCCC2=O)CC(C)(C)O1. The third-order valence-corrected chi connectivity index (χ3v) is 3.86. The van der Waals surface area contributed by atoms with Gasteiger partial charge in [-0.1, -0.05) is 0 Å². The molecule has 0 amide bonds. The Hall–Kier alpha value is -0.410. The number of carbonyl (C=O) groups excluding carboxylic acids is 1. The summed E-state index contributed by atoms with van der Waals surface area (Å²) in [5.41, 5.74) is -0.0443. The first kappa shape index (κ1) is 13.0. The molecule has 0 N–H and O–H groups in total. The summed E-state index contributed by atoms with van der Waals surface area (Å²) < 4.78 is 5.89. The van der Waals surface area contributed by atoms with Gasteiger partial charge in [0.25, 0.3) is 0 Å². The third-order valence-electron chi connectivity index (χ3n) is 3.86. The highest BCUT2D eigenvalue weighted by molar-refractivity contribution is 5.82. The van der Waals surface area contributed by atoms with Crippen molar-refractivity contribution in [2.45, 2.75) is 58.2 Å². The molecule has 0 radical (unpaired) electrons. The van der Waals surface area contributed by atoms with Crippen LogP contribution in [0.15, 0.2) is 0 Å². The Morgan fingerprint density at radius 2 is 2.24 bits per heavy atom. The summed E-state index contributed by atoms with van der Waals surface area (Å²) in [7, 11) is 0. The second-order valence-electron chi connectivity index (χ2n) is 6.27. The van der Waals surface area contributed by atoms with Crippen LogP contribution in [0, 0.1) is 5.92 Å². The van der Waals surface area contributed by atoms with E-state index in [1.165, 1.54) is 0 Å². The predicted octanol–water partition coefficient (Wildman–Crippen LogP) is 2.25. The standard InChI is InChI=1S/C14H25NO2/c1-11-9-15(10-14(2,3)17-11)8-7-12-5-4-6-13(12)16/h11-12H,4-10H2,1-3H3. The highest BCUT2D eigenvalue weighted by Crippen LogP contribution is 2.26. The van der Waals surface area contributed by atoms with Crippen LogP contribution in [-0.4, -0.2) is 42.0 Å². The van der Waals surface area contributed by atoms with Gasteiger partial charge in [0, 0.05) is 25.4 Å². The average molecular weight is 239 g/mol. The lowest BCUT2D eigenvalue weighted by Crippen LogP contribution is -2.52. The Labute approximate surface area is 105 Å². The highest BCUT2D eigenvalue weighted by Gasteiger charge is 2.32. The lowest BCUT2D eigenvalue weighted by atomic mass is 10.0. The third kappa shape index (κ3) is 3.52. The molecule has 1 aliphatic heterocycles. The van der Waals surface area contributed by atoms with Gasteiger partial charge >= 0.3 is 0 Å². The molecule has 1 heterocycles. The van der Waals surface area contributed by atoms with Gasteiger partial charge in [-0.2, -0.15) is 0 Å². The quantitative estimate of drug-likeness (QED) is 0.756. The number of hydrogen-bond acceptors (Lipinski definition) is 3. The summed E-state index contributed by atoms with van der Waals surface area (Å²) in [6, 6.07) is 0. The summed E-state index contributed by atoms with van der Waals surface area (Å²) in [6.07, 6.45) is 4.38. The van der Waals surface area contributed by atoms with Crippen molar-refractivity contribution >= 4 is 5.78 Å². The van der Waals surface area contributed by atoms with Crippen molar-refractivity contribution in [2.75, 3.05) is 19.6 Å². The number of nitrogens with zero attached hydrogens (tertiary/aromatic N) is 1. The van der Waals surface area contributed by atoms with Crippen LogP contribution in [0.5, 0.6) is 0 Å². The van der Waals surface area contributed by atoms with E-state index >= 15 is 0 Å². The highest BCUT2D eigenvalue weighted by atomic mass is 16.5. The molecule has 98 valence electrons. The fraction of sp³-hybridized carbons (Fsp3) is 0.929. The topological polar surface area (TPSA) is 29.5 Å². The molecule has 3 heteroatoms. The van der Waals surface area contributed by atoms with Crippen LogP contribution in [0.25, 0.3) is 0 Å². The van der Waals surface area contributed by atoms with Gasteiger partial charge < -0.3 is 4.74 Å². The van der Waals surface area contributed by atoms with Crippen molar-refractivity contribution in [3.63, 3.8) is 0 Å². The number of rotatable bonds is 3. The molecule has 3 nitrogen and oxygen atoms in total. The molecule has 1 saturated heterocycles. The van der Waals surface area contributed by atoms with Gasteiger partial charge in [-0.3, -0.25) is 9.69 Å². The van der Waals surface area contributed by atoms with Gasteiger partial charge in [0.15, 0.2) is 0 Å². The van der Waals surface area contributed by atoms with E-state index in [1.54, 1.807) is 0 Å². The van der Waals surface area contributed by atoms with E-state index in [9.17, 15) is 4.79 Å². The van der Waals surface area contributed by atoms with Gasteiger partial charge in [-0.15, -0.1) is 0 Å². The van der Waals surface area contributed by atoms with Gasteiger partial charge in [0.05, 0.1) is 11.7 Å². The van der Waals surface area contributed by atoms with E-state index < -0.39 is 0 Å². The monoisotopic (exact) mass is 239 g/mol. The maximum absolute atomic E-state index is 11.6. The van der Waals surface area contributed by atoms with Gasteiger partial charge in [0.2, 0.25) is 0 Å². The van der Waals surface area contributed by atoms with Gasteiger partial charge in [0.1, 0.15) is 5.78 Å². The zero-order valence-electron chi connectivity index (χ0n) is 11.4. The van der Waals surface area contributed by atoms with Crippen molar-refractivity contribution in [2.24, 2.45) is 5.92 Å². The fourth-order valence-corrected chi connectivity index (χ4v) is 3.29. The maximum atomic E-state index is 11.6. The van der Waals surface area contributed by atoms with Crippen molar-refractivity contribution in [1.29, 1.82) is 0 Å². The van der Waals surface area contributed by atoms with Crippen LogP contribution in [-0.2, 0) is 9.53 Å². The van der Waals surface area contributed by atoms with E-state index in [-0.39, 0.29) is 5.60 Å². The van der Waals surface area contributed by atoms with E-state index in [0.717, 1.165) is 45.3 Å². The minimum absolute atomic E-state index is 0.0443. The molecule has 0 aromatic heterocycles. The van der Waals surface area contributed by atoms with E-state index in [0.29, 0.717) is 17.8 Å². The van der Waals surface area contributed by atoms with E-state index in [1.807, 2.05) is 0 Å². The van der Waals surface area contributed by atoms with Crippen LogP contribution < -0.4 is 0 Å². The summed E-state index contributed by atoms with van der Waals surface area (Å²) >= 11 is 0. The van der Waals surface area contributed by atoms with Crippen molar-refractivity contribution in [3.05, 3.63) is 0 Å². The number of ether oxygens (including phenoxy) is 1. The molecule has 2 aliphatic rings. The minimum atomic E-state index is -0.0443. The Bertz CT molecular complexity index is 288. The number of carbonyl (C=O) groups is 1. The molecule has 17 heavy (non-hydrogen) atoms. The number of hydrogen-bond donors (Lipinski definition) is 0. The summed E-state index contributed by atoms with van der Waals surface area (Å²) in [4.78, 5) is 14.1. The number of Topliss-reactive ketones (excluding diaryl/α,β-unsaturated/α-hetero) is 1. The normalized spacial score (nSPS) is 34.2. The molecule has 1 aliphatic carbocycles. The number of ketones is 1. The van der Waals surface area contributed by atoms with Crippen molar-refractivity contribution < 1.29 is 9.53 Å². The zero-order chi connectivity index (χ0) is 12.5. The lowest BCUT2D eigenvalue weighted by molar-refractivity contribution is -0.130. The summed E-state index contributed by atoms with van der Waals surface area (Å²) in [5, 5.41) is 0. The largest absolute Gasteiger partial charge is 0.370 e. The predicted molar refractivity (Wildman–Crippen MR) is 68.0 cm³/mol. The smallest absolute Gasteiger partial charge is 0.136 e. The molecule has 0 aromatic rings. The Morgan fingerprint density at radius 1 is 1.47 bits per heavy atom.